The first-order valence-electron chi connectivity index (χ1n) is 5.54. The standard InChI is InChI=1S/C12H17NOS2/c1-9-6-16-7-10(9)5-13-11(14)4-12(8-15)2-3-12/h6-7,15H,2-5,8H2,1H3,(H,13,14). The number of thiol groups is 1. The van der Waals surface area contributed by atoms with Gasteiger partial charge in [0.1, 0.15) is 0 Å². The molecule has 1 aliphatic carbocycles. The molecule has 0 spiro atoms. The highest BCUT2D eigenvalue weighted by Crippen LogP contribution is 2.49. The lowest BCUT2D eigenvalue weighted by Crippen LogP contribution is -2.26. The van der Waals surface area contributed by atoms with Crippen LogP contribution in [0.3, 0.4) is 0 Å². The number of aryl methyl sites for hydroxylation is 1. The van der Waals surface area contributed by atoms with Crippen LogP contribution in [-0.4, -0.2) is 11.7 Å². The smallest absolute Gasteiger partial charge is 0.220 e. The van der Waals surface area contributed by atoms with E-state index in [1.165, 1.54) is 11.1 Å². The third kappa shape index (κ3) is 2.80. The number of amides is 1. The van der Waals surface area contributed by atoms with E-state index in [-0.39, 0.29) is 11.3 Å². The van der Waals surface area contributed by atoms with Crippen molar-refractivity contribution in [2.75, 3.05) is 5.75 Å². The molecule has 1 heterocycles. The lowest BCUT2D eigenvalue weighted by molar-refractivity contribution is -0.122. The van der Waals surface area contributed by atoms with Crippen molar-refractivity contribution in [2.45, 2.75) is 32.7 Å². The van der Waals surface area contributed by atoms with Crippen LogP contribution in [0.2, 0.25) is 0 Å². The van der Waals surface area contributed by atoms with Crippen molar-refractivity contribution in [2.24, 2.45) is 5.41 Å². The van der Waals surface area contributed by atoms with Gasteiger partial charge in [-0.1, -0.05) is 0 Å². The molecule has 0 radical (unpaired) electrons. The molecule has 1 saturated carbocycles. The summed E-state index contributed by atoms with van der Waals surface area (Å²) in [6.07, 6.45) is 2.95. The SMILES string of the molecule is Cc1cscc1CNC(=O)CC1(CS)CC1. The Balaban J connectivity index is 1.78. The van der Waals surface area contributed by atoms with Crippen molar-refractivity contribution in [1.82, 2.24) is 5.32 Å². The van der Waals surface area contributed by atoms with Crippen LogP contribution in [0, 0.1) is 12.3 Å². The molecule has 16 heavy (non-hydrogen) atoms. The van der Waals surface area contributed by atoms with Gasteiger partial charge < -0.3 is 5.32 Å². The Morgan fingerprint density at radius 2 is 2.31 bits per heavy atom. The molecule has 1 aliphatic rings. The number of carbonyl (C=O) groups excluding carboxylic acids is 1. The fraction of sp³-hybridized carbons (Fsp3) is 0.583. The molecule has 1 N–H and O–H groups in total. The Kier molecular flexibility index (Phi) is 3.60. The van der Waals surface area contributed by atoms with Crippen LogP contribution in [0.25, 0.3) is 0 Å². The van der Waals surface area contributed by atoms with Crippen LogP contribution >= 0.6 is 24.0 Å². The summed E-state index contributed by atoms with van der Waals surface area (Å²) in [6.45, 7) is 2.74. The fourth-order valence-corrected chi connectivity index (χ4v) is 3.02. The van der Waals surface area contributed by atoms with E-state index in [0.717, 1.165) is 18.6 Å². The van der Waals surface area contributed by atoms with E-state index in [2.05, 4.69) is 35.6 Å². The number of nitrogens with one attached hydrogen (secondary N) is 1. The Hall–Kier alpha value is -0.480. The van der Waals surface area contributed by atoms with Crippen molar-refractivity contribution in [1.29, 1.82) is 0 Å². The van der Waals surface area contributed by atoms with Crippen molar-refractivity contribution in [3.8, 4) is 0 Å². The van der Waals surface area contributed by atoms with Crippen LogP contribution < -0.4 is 5.32 Å². The zero-order valence-corrected chi connectivity index (χ0v) is 11.2. The molecule has 0 bridgehead atoms. The average Bonchev–Trinajstić information content (AvgIpc) is 2.92. The minimum Gasteiger partial charge on any atom is -0.352 e. The van der Waals surface area contributed by atoms with Gasteiger partial charge in [0.15, 0.2) is 0 Å². The number of hydrogen-bond donors (Lipinski definition) is 2. The molecule has 1 aromatic heterocycles. The number of rotatable bonds is 5. The Labute approximate surface area is 106 Å². The predicted octanol–water partition coefficient (Wildman–Crippen LogP) is 2.77. The van der Waals surface area contributed by atoms with Crippen LogP contribution in [0.5, 0.6) is 0 Å². The molecular weight excluding hydrogens is 238 g/mol. The first-order chi connectivity index (χ1) is 7.65. The predicted molar refractivity (Wildman–Crippen MR) is 71.0 cm³/mol. The minimum absolute atomic E-state index is 0.164. The topological polar surface area (TPSA) is 29.1 Å². The largest absolute Gasteiger partial charge is 0.352 e. The monoisotopic (exact) mass is 255 g/mol. The normalized spacial score (nSPS) is 17.1. The maximum absolute atomic E-state index is 11.7. The van der Waals surface area contributed by atoms with Crippen molar-refractivity contribution in [3.63, 3.8) is 0 Å². The second-order valence-electron chi connectivity index (χ2n) is 4.69. The van der Waals surface area contributed by atoms with E-state index in [1.54, 1.807) is 11.3 Å². The summed E-state index contributed by atoms with van der Waals surface area (Å²) in [7, 11) is 0. The van der Waals surface area contributed by atoms with Crippen LogP contribution in [0.15, 0.2) is 10.8 Å². The molecule has 0 saturated heterocycles. The second-order valence-corrected chi connectivity index (χ2v) is 5.75. The van der Waals surface area contributed by atoms with Gasteiger partial charge >= 0.3 is 0 Å². The summed E-state index contributed by atoms with van der Waals surface area (Å²) >= 11 is 5.99. The van der Waals surface area contributed by atoms with Gasteiger partial charge in [0.05, 0.1) is 0 Å². The van der Waals surface area contributed by atoms with Gasteiger partial charge in [-0.15, -0.1) is 0 Å². The van der Waals surface area contributed by atoms with E-state index < -0.39 is 0 Å². The van der Waals surface area contributed by atoms with Gasteiger partial charge in [0.2, 0.25) is 5.91 Å². The summed E-state index contributed by atoms with van der Waals surface area (Å²) in [5.74, 6) is 0.995. The molecule has 4 heteroatoms. The summed E-state index contributed by atoms with van der Waals surface area (Å²) in [5.41, 5.74) is 2.71. The summed E-state index contributed by atoms with van der Waals surface area (Å²) in [5, 5.41) is 7.20. The van der Waals surface area contributed by atoms with Crippen molar-refractivity contribution >= 4 is 29.9 Å². The molecule has 0 atom stereocenters. The van der Waals surface area contributed by atoms with Crippen molar-refractivity contribution < 1.29 is 4.79 Å². The number of thiophene rings is 1. The summed E-state index contributed by atoms with van der Waals surface area (Å²) in [6, 6.07) is 0. The van der Waals surface area contributed by atoms with Crippen LogP contribution in [0.1, 0.15) is 30.4 Å². The highest BCUT2D eigenvalue weighted by atomic mass is 32.1. The van der Waals surface area contributed by atoms with Gasteiger partial charge in [-0.25, -0.2) is 0 Å². The molecule has 2 rings (SSSR count). The van der Waals surface area contributed by atoms with E-state index in [4.69, 9.17) is 0 Å². The maximum Gasteiger partial charge on any atom is 0.220 e. The average molecular weight is 255 g/mol. The van der Waals surface area contributed by atoms with Gasteiger partial charge in [-0.2, -0.15) is 24.0 Å². The molecule has 1 aromatic rings. The zero-order chi connectivity index (χ0) is 11.6. The third-order valence-electron chi connectivity index (χ3n) is 3.27. The Bertz CT molecular complexity index is 382. The minimum atomic E-state index is 0.164. The summed E-state index contributed by atoms with van der Waals surface area (Å²) < 4.78 is 0. The van der Waals surface area contributed by atoms with E-state index in [1.807, 2.05) is 0 Å². The lowest BCUT2D eigenvalue weighted by Gasteiger charge is -2.11. The van der Waals surface area contributed by atoms with Crippen molar-refractivity contribution in [3.05, 3.63) is 21.9 Å². The quantitative estimate of drug-likeness (QED) is 0.778. The number of hydrogen-bond acceptors (Lipinski definition) is 3. The summed E-state index contributed by atoms with van der Waals surface area (Å²) in [4.78, 5) is 11.7. The first-order valence-corrected chi connectivity index (χ1v) is 7.12. The van der Waals surface area contributed by atoms with Crippen LogP contribution in [0.4, 0.5) is 0 Å². The zero-order valence-electron chi connectivity index (χ0n) is 9.45. The number of carbonyl (C=O) groups is 1. The molecule has 0 aromatic carbocycles. The molecule has 2 nitrogen and oxygen atoms in total. The molecule has 0 aliphatic heterocycles. The Morgan fingerprint density at radius 3 is 2.81 bits per heavy atom. The molecule has 88 valence electrons. The fourth-order valence-electron chi connectivity index (χ4n) is 1.73. The molecule has 1 fully saturated rings. The Morgan fingerprint density at radius 1 is 1.56 bits per heavy atom. The first kappa shape index (κ1) is 12.0. The van der Waals surface area contributed by atoms with Gasteiger partial charge in [0, 0.05) is 13.0 Å². The molecular formula is C12H17NOS2. The molecule has 0 unspecified atom stereocenters. The lowest BCUT2D eigenvalue weighted by atomic mass is 10.1. The van der Waals surface area contributed by atoms with E-state index >= 15 is 0 Å². The van der Waals surface area contributed by atoms with Gasteiger partial charge in [-0.05, 0) is 52.8 Å². The van der Waals surface area contributed by atoms with E-state index in [0.29, 0.717) is 13.0 Å². The highest BCUT2D eigenvalue weighted by molar-refractivity contribution is 7.80. The highest BCUT2D eigenvalue weighted by Gasteiger charge is 2.42. The third-order valence-corrected chi connectivity index (χ3v) is 4.85. The van der Waals surface area contributed by atoms with Gasteiger partial charge in [-0.3, -0.25) is 4.79 Å². The van der Waals surface area contributed by atoms with Gasteiger partial charge in [0.25, 0.3) is 0 Å². The van der Waals surface area contributed by atoms with Crippen LogP contribution in [-0.2, 0) is 11.3 Å². The molecule has 1 amide bonds. The second kappa shape index (κ2) is 4.80. The maximum atomic E-state index is 11.7. The van der Waals surface area contributed by atoms with E-state index in [9.17, 15) is 4.79 Å².